The maximum Gasteiger partial charge on any atom is 0.322 e. The summed E-state index contributed by atoms with van der Waals surface area (Å²) in [6.45, 7) is 2.58. The van der Waals surface area contributed by atoms with Crippen molar-refractivity contribution in [1.82, 2.24) is 4.90 Å². The zero-order valence-electron chi connectivity index (χ0n) is 13.6. The third-order valence-corrected chi connectivity index (χ3v) is 4.38. The van der Waals surface area contributed by atoms with E-state index in [0.29, 0.717) is 6.54 Å². The summed E-state index contributed by atoms with van der Waals surface area (Å²) in [5.41, 5.74) is 2.40. The van der Waals surface area contributed by atoms with Crippen molar-refractivity contribution in [2.24, 2.45) is 0 Å². The van der Waals surface area contributed by atoms with Gasteiger partial charge in [0.25, 0.3) is 0 Å². The summed E-state index contributed by atoms with van der Waals surface area (Å²) >= 11 is 0. The van der Waals surface area contributed by atoms with Crippen molar-refractivity contribution in [2.45, 2.75) is 32.2 Å². The van der Waals surface area contributed by atoms with Gasteiger partial charge in [-0.1, -0.05) is 31.2 Å². The number of benzene rings is 2. The molecule has 2 amide bonds. The molecule has 0 spiro atoms. The van der Waals surface area contributed by atoms with Crippen LogP contribution in [0.15, 0.2) is 42.5 Å². The van der Waals surface area contributed by atoms with Crippen LogP contribution in [0.25, 0.3) is 0 Å². The minimum absolute atomic E-state index is 0.00575. The van der Waals surface area contributed by atoms with Gasteiger partial charge in [-0.3, -0.25) is 0 Å². The maximum atomic E-state index is 13.8. The normalized spacial score (nSPS) is 15.9. The number of hydrogen-bond acceptors (Lipinski definition) is 1. The number of hydrogen-bond donors (Lipinski definition) is 1. The molecule has 0 radical (unpaired) electrons. The molecule has 3 rings (SSSR count). The van der Waals surface area contributed by atoms with Gasteiger partial charge in [0.05, 0.1) is 11.7 Å². The molecule has 0 bridgehead atoms. The van der Waals surface area contributed by atoms with Crippen LogP contribution < -0.4 is 5.32 Å². The summed E-state index contributed by atoms with van der Waals surface area (Å²) in [4.78, 5) is 14.4. The first-order chi connectivity index (χ1) is 11.6. The summed E-state index contributed by atoms with van der Waals surface area (Å²) in [7, 11) is 0. The van der Waals surface area contributed by atoms with E-state index in [9.17, 15) is 13.6 Å². The smallest absolute Gasteiger partial charge is 0.317 e. The summed E-state index contributed by atoms with van der Waals surface area (Å²) in [5, 5.41) is 2.58. The fourth-order valence-corrected chi connectivity index (χ4v) is 3.28. The molecule has 0 unspecified atom stereocenters. The highest BCUT2D eigenvalue weighted by Gasteiger charge is 2.30. The third kappa shape index (κ3) is 3.25. The Kier molecular flexibility index (Phi) is 4.79. The van der Waals surface area contributed by atoms with Crippen molar-refractivity contribution in [3.8, 4) is 0 Å². The summed E-state index contributed by atoms with van der Waals surface area (Å²) in [6.07, 6.45) is 2.59. The number of amides is 2. The molecule has 0 aromatic heterocycles. The topological polar surface area (TPSA) is 32.3 Å². The number of anilines is 1. The van der Waals surface area contributed by atoms with Crippen LogP contribution in [-0.4, -0.2) is 17.5 Å². The van der Waals surface area contributed by atoms with E-state index in [1.54, 1.807) is 4.90 Å². The number of carbonyl (C=O) groups excluding carboxylic acids is 1. The molecule has 2 aromatic carbocycles. The SMILES string of the molecule is CCCN(C(=O)Nc1ccc(F)cc1F)[C@H]1CCc2ccccc21. The van der Waals surface area contributed by atoms with E-state index >= 15 is 0 Å². The van der Waals surface area contributed by atoms with Gasteiger partial charge in [0, 0.05) is 12.6 Å². The van der Waals surface area contributed by atoms with Crippen LogP contribution in [0.1, 0.15) is 36.9 Å². The number of fused-ring (bicyclic) bond motifs is 1. The molecule has 0 aliphatic heterocycles. The van der Waals surface area contributed by atoms with Crippen LogP contribution >= 0.6 is 0 Å². The van der Waals surface area contributed by atoms with Crippen molar-refractivity contribution in [3.63, 3.8) is 0 Å². The largest absolute Gasteiger partial charge is 0.322 e. The molecule has 0 saturated carbocycles. The first-order valence-electron chi connectivity index (χ1n) is 8.20. The van der Waals surface area contributed by atoms with Crippen molar-refractivity contribution < 1.29 is 13.6 Å². The van der Waals surface area contributed by atoms with Crippen LogP contribution in [-0.2, 0) is 6.42 Å². The van der Waals surface area contributed by atoms with Crippen molar-refractivity contribution in [1.29, 1.82) is 0 Å². The Labute approximate surface area is 140 Å². The van der Waals surface area contributed by atoms with E-state index in [4.69, 9.17) is 0 Å². The second-order valence-corrected chi connectivity index (χ2v) is 6.00. The molecule has 5 heteroatoms. The van der Waals surface area contributed by atoms with E-state index in [1.165, 1.54) is 11.6 Å². The maximum absolute atomic E-state index is 13.8. The van der Waals surface area contributed by atoms with Gasteiger partial charge in [0.1, 0.15) is 11.6 Å². The lowest BCUT2D eigenvalue weighted by Gasteiger charge is -2.29. The number of nitrogens with zero attached hydrogens (tertiary/aromatic N) is 1. The minimum atomic E-state index is -0.772. The van der Waals surface area contributed by atoms with Crippen LogP contribution in [0, 0.1) is 11.6 Å². The summed E-state index contributed by atoms with van der Waals surface area (Å²) in [5.74, 6) is -1.44. The van der Waals surface area contributed by atoms with E-state index < -0.39 is 11.6 Å². The Morgan fingerprint density at radius 1 is 1.25 bits per heavy atom. The van der Waals surface area contributed by atoms with Gasteiger partial charge >= 0.3 is 6.03 Å². The number of carbonyl (C=O) groups is 1. The van der Waals surface area contributed by atoms with Gasteiger partial charge in [-0.2, -0.15) is 0 Å². The van der Waals surface area contributed by atoms with Crippen LogP contribution in [0.4, 0.5) is 19.3 Å². The molecule has 2 aromatic rings. The molecule has 1 aliphatic rings. The Hall–Kier alpha value is -2.43. The monoisotopic (exact) mass is 330 g/mol. The summed E-state index contributed by atoms with van der Waals surface area (Å²) in [6, 6.07) is 10.9. The summed E-state index contributed by atoms with van der Waals surface area (Å²) < 4.78 is 26.8. The molecule has 0 heterocycles. The lowest BCUT2D eigenvalue weighted by Crippen LogP contribution is -2.38. The molecule has 24 heavy (non-hydrogen) atoms. The second kappa shape index (κ2) is 6.99. The Morgan fingerprint density at radius 3 is 2.79 bits per heavy atom. The predicted octanol–water partition coefficient (Wildman–Crippen LogP) is 4.90. The number of nitrogens with one attached hydrogen (secondary N) is 1. The molecular weight excluding hydrogens is 310 g/mol. The average molecular weight is 330 g/mol. The first-order valence-corrected chi connectivity index (χ1v) is 8.20. The molecular formula is C19H20F2N2O. The van der Waals surface area contributed by atoms with E-state index in [2.05, 4.69) is 11.4 Å². The van der Waals surface area contributed by atoms with E-state index in [0.717, 1.165) is 37.0 Å². The minimum Gasteiger partial charge on any atom is -0.317 e. The van der Waals surface area contributed by atoms with Gasteiger partial charge in [0.2, 0.25) is 0 Å². The quantitative estimate of drug-likeness (QED) is 0.850. The standard InChI is InChI=1S/C19H20F2N2O/c1-2-11-23(18-10-7-13-5-3-4-6-15(13)18)19(24)22-17-9-8-14(20)12-16(17)21/h3-6,8-9,12,18H,2,7,10-11H2,1H3,(H,22,24)/t18-/m0/s1. The Bertz CT molecular complexity index is 748. The molecule has 0 saturated heterocycles. The highest BCUT2D eigenvalue weighted by Crippen LogP contribution is 2.36. The zero-order valence-corrected chi connectivity index (χ0v) is 13.6. The Balaban J connectivity index is 1.82. The molecule has 1 N–H and O–H groups in total. The first kappa shape index (κ1) is 16.4. The zero-order chi connectivity index (χ0) is 17.1. The van der Waals surface area contributed by atoms with E-state index in [-0.39, 0.29) is 17.8 Å². The second-order valence-electron chi connectivity index (χ2n) is 6.00. The lowest BCUT2D eigenvalue weighted by molar-refractivity contribution is 0.187. The molecule has 1 atom stereocenters. The highest BCUT2D eigenvalue weighted by atomic mass is 19.1. The Morgan fingerprint density at radius 2 is 2.04 bits per heavy atom. The number of rotatable bonds is 4. The van der Waals surface area contributed by atoms with Crippen LogP contribution in [0.5, 0.6) is 0 Å². The lowest BCUT2D eigenvalue weighted by atomic mass is 10.1. The average Bonchev–Trinajstić information content (AvgIpc) is 2.99. The molecule has 0 fully saturated rings. The number of halogens is 2. The fraction of sp³-hybridized carbons (Fsp3) is 0.316. The number of aryl methyl sites for hydroxylation is 1. The van der Waals surface area contributed by atoms with Gasteiger partial charge < -0.3 is 10.2 Å². The highest BCUT2D eigenvalue weighted by molar-refractivity contribution is 5.89. The molecule has 126 valence electrons. The van der Waals surface area contributed by atoms with Crippen molar-refractivity contribution in [2.75, 3.05) is 11.9 Å². The fourth-order valence-electron chi connectivity index (χ4n) is 3.28. The number of urea groups is 1. The van der Waals surface area contributed by atoms with Gasteiger partial charge in [0.15, 0.2) is 0 Å². The van der Waals surface area contributed by atoms with Crippen molar-refractivity contribution >= 4 is 11.7 Å². The van der Waals surface area contributed by atoms with Gasteiger partial charge in [-0.15, -0.1) is 0 Å². The molecule has 3 nitrogen and oxygen atoms in total. The molecule has 1 aliphatic carbocycles. The van der Waals surface area contributed by atoms with E-state index in [1.807, 2.05) is 25.1 Å². The van der Waals surface area contributed by atoms with Gasteiger partial charge in [-0.25, -0.2) is 13.6 Å². The predicted molar refractivity (Wildman–Crippen MR) is 89.9 cm³/mol. The third-order valence-electron chi connectivity index (χ3n) is 4.38. The van der Waals surface area contributed by atoms with Crippen molar-refractivity contribution in [3.05, 3.63) is 65.2 Å². The van der Waals surface area contributed by atoms with Gasteiger partial charge in [-0.05, 0) is 42.5 Å². The van der Waals surface area contributed by atoms with Crippen LogP contribution in [0.2, 0.25) is 0 Å². The van der Waals surface area contributed by atoms with Crippen LogP contribution in [0.3, 0.4) is 0 Å².